The molecule has 9 nitrogen and oxygen atoms in total. The van der Waals surface area contributed by atoms with Crippen LogP contribution >= 0.6 is 11.3 Å². The Morgan fingerprint density at radius 1 is 1.14 bits per heavy atom. The molecule has 0 spiro atoms. The SMILES string of the molecule is CC(=O)N1CCC(C)(Oc2ccc(N3CCCC3c3csc(NC(=O)c4cccn4Cc4ccnc(F)c4)n3)cc2)CC1. The molecular weight excluding hydrogens is 567 g/mol. The van der Waals surface area contributed by atoms with Crippen LogP contribution in [0.2, 0.25) is 0 Å². The van der Waals surface area contributed by atoms with Crippen molar-refractivity contribution in [3.05, 3.63) is 89.2 Å². The van der Waals surface area contributed by atoms with Crippen LogP contribution in [0.15, 0.2) is 66.3 Å². The van der Waals surface area contributed by atoms with Crippen LogP contribution in [0.5, 0.6) is 5.75 Å². The third kappa shape index (κ3) is 6.56. The number of hydrogen-bond acceptors (Lipinski definition) is 7. The molecular formula is C32H35FN6O3S. The number of rotatable bonds is 8. The first-order valence-electron chi connectivity index (χ1n) is 14.6. The number of benzene rings is 1. The summed E-state index contributed by atoms with van der Waals surface area (Å²) >= 11 is 1.41. The Morgan fingerprint density at radius 3 is 2.67 bits per heavy atom. The van der Waals surface area contributed by atoms with Gasteiger partial charge in [0.15, 0.2) is 5.13 Å². The van der Waals surface area contributed by atoms with E-state index >= 15 is 0 Å². The first kappa shape index (κ1) is 28.9. The van der Waals surface area contributed by atoms with E-state index in [4.69, 9.17) is 9.72 Å². The summed E-state index contributed by atoms with van der Waals surface area (Å²) in [5.74, 6) is 0.135. The molecule has 5 heterocycles. The Morgan fingerprint density at radius 2 is 1.93 bits per heavy atom. The standard InChI is InChI=1S/C32H35FN6O3S/c1-22(40)37-17-12-32(2,13-18-37)42-25-9-7-24(8-10-25)39-16-4-5-27(39)26-21-43-31(35-26)36-30(41)28-6-3-15-38(28)20-23-11-14-34-29(33)19-23/h3,6-11,14-15,19,21,27H,4-5,12-13,16-18,20H2,1-2H3,(H,35,36,41). The van der Waals surface area contributed by atoms with E-state index in [9.17, 15) is 14.0 Å². The van der Waals surface area contributed by atoms with Crippen LogP contribution in [0.3, 0.4) is 0 Å². The van der Waals surface area contributed by atoms with Gasteiger partial charge in [0.1, 0.15) is 17.0 Å². The first-order chi connectivity index (χ1) is 20.8. The number of halogens is 1. The zero-order chi connectivity index (χ0) is 30.0. The quantitative estimate of drug-likeness (QED) is 0.253. The topological polar surface area (TPSA) is 92.6 Å². The lowest BCUT2D eigenvalue weighted by molar-refractivity contribution is -0.131. The van der Waals surface area contributed by atoms with E-state index in [1.807, 2.05) is 22.4 Å². The Balaban J connectivity index is 1.08. The molecule has 224 valence electrons. The van der Waals surface area contributed by atoms with Gasteiger partial charge < -0.3 is 19.1 Å². The summed E-state index contributed by atoms with van der Waals surface area (Å²) in [5.41, 5.74) is 2.95. The van der Waals surface area contributed by atoms with Crippen molar-refractivity contribution in [2.75, 3.05) is 29.9 Å². The van der Waals surface area contributed by atoms with E-state index in [0.29, 0.717) is 17.4 Å². The van der Waals surface area contributed by atoms with Gasteiger partial charge in [-0.3, -0.25) is 14.9 Å². The van der Waals surface area contributed by atoms with E-state index in [2.05, 4.69) is 34.3 Å². The molecule has 0 saturated carbocycles. The maximum atomic E-state index is 13.5. The molecule has 0 bridgehead atoms. The molecule has 1 unspecified atom stereocenters. The molecule has 2 aliphatic heterocycles. The predicted molar refractivity (Wildman–Crippen MR) is 164 cm³/mol. The highest BCUT2D eigenvalue weighted by atomic mass is 32.1. The van der Waals surface area contributed by atoms with E-state index in [0.717, 1.165) is 68.0 Å². The number of nitrogens with one attached hydrogen (secondary N) is 1. The third-order valence-corrected chi connectivity index (χ3v) is 9.12. The van der Waals surface area contributed by atoms with E-state index in [-0.39, 0.29) is 23.5 Å². The molecule has 43 heavy (non-hydrogen) atoms. The van der Waals surface area contributed by atoms with Gasteiger partial charge in [0.2, 0.25) is 11.9 Å². The van der Waals surface area contributed by atoms with Crippen LogP contribution in [0.25, 0.3) is 0 Å². The highest BCUT2D eigenvalue weighted by molar-refractivity contribution is 7.14. The van der Waals surface area contributed by atoms with E-state index in [1.165, 1.54) is 23.6 Å². The number of piperidine rings is 1. The lowest BCUT2D eigenvalue weighted by Gasteiger charge is -2.39. The van der Waals surface area contributed by atoms with Crippen molar-refractivity contribution >= 4 is 34.0 Å². The molecule has 1 atom stereocenters. The number of hydrogen-bond donors (Lipinski definition) is 1. The lowest BCUT2D eigenvalue weighted by Crippen LogP contribution is -2.47. The molecule has 2 aliphatic rings. The summed E-state index contributed by atoms with van der Waals surface area (Å²) in [6.45, 7) is 6.45. The van der Waals surface area contributed by atoms with Gasteiger partial charge >= 0.3 is 0 Å². The Labute approximate surface area is 254 Å². The molecule has 3 aromatic heterocycles. The van der Waals surface area contributed by atoms with Gasteiger partial charge in [-0.25, -0.2) is 9.97 Å². The second-order valence-electron chi connectivity index (χ2n) is 11.4. The van der Waals surface area contributed by atoms with Gasteiger partial charge in [-0.1, -0.05) is 0 Å². The van der Waals surface area contributed by atoms with Crippen LogP contribution in [-0.2, 0) is 11.3 Å². The Bertz CT molecular complexity index is 1590. The van der Waals surface area contributed by atoms with E-state index in [1.54, 1.807) is 35.9 Å². The van der Waals surface area contributed by atoms with Crippen molar-refractivity contribution in [1.82, 2.24) is 19.4 Å². The van der Waals surface area contributed by atoms with Crippen LogP contribution in [0.1, 0.15) is 67.3 Å². The maximum Gasteiger partial charge on any atom is 0.274 e. The highest BCUT2D eigenvalue weighted by Crippen LogP contribution is 2.38. The fraction of sp³-hybridized carbons (Fsp3) is 0.375. The zero-order valence-electron chi connectivity index (χ0n) is 24.3. The predicted octanol–water partition coefficient (Wildman–Crippen LogP) is 5.90. The number of pyridine rings is 1. The first-order valence-corrected chi connectivity index (χ1v) is 15.5. The minimum absolute atomic E-state index is 0.118. The number of ether oxygens (including phenoxy) is 1. The average Bonchev–Trinajstić information content (AvgIpc) is 3.75. The number of anilines is 2. The molecule has 0 aliphatic carbocycles. The molecule has 1 aromatic carbocycles. The summed E-state index contributed by atoms with van der Waals surface area (Å²) < 4.78 is 21.7. The molecule has 2 amide bonds. The summed E-state index contributed by atoms with van der Waals surface area (Å²) in [4.78, 5) is 37.4. The van der Waals surface area contributed by atoms with Gasteiger partial charge in [0, 0.05) is 69.4 Å². The Hall–Kier alpha value is -4.25. The normalized spacial score (nSPS) is 18.1. The van der Waals surface area contributed by atoms with Crippen molar-refractivity contribution in [1.29, 1.82) is 0 Å². The molecule has 2 saturated heterocycles. The van der Waals surface area contributed by atoms with Crippen molar-refractivity contribution < 1.29 is 18.7 Å². The fourth-order valence-electron chi connectivity index (χ4n) is 5.92. The lowest BCUT2D eigenvalue weighted by atomic mass is 9.93. The van der Waals surface area contributed by atoms with Crippen LogP contribution in [-0.4, -0.2) is 56.5 Å². The number of carbonyl (C=O) groups excluding carboxylic acids is 2. The minimum atomic E-state index is -0.548. The second-order valence-corrected chi connectivity index (χ2v) is 12.3. The largest absolute Gasteiger partial charge is 0.487 e. The molecule has 11 heteroatoms. The number of amides is 2. The van der Waals surface area contributed by atoms with Gasteiger partial charge in [0.05, 0.1) is 11.7 Å². The van der Waals surface area contributed by atoms with Gasteiger partial charge in [0.25, 0.3) is 5.91 Å². The van der Waals surface area contributed by atoms with Gasteiger partial charge in [-0.15, -0.1) is 11.3 Å². The highest BCUT2D eigenvalue weighted by Gasteiger charge is 2.33. The molecule has 6 rings (SSSR count). The number of carbonyl (C=O) groups is 2. The molecule has 4 aromatic rings. The minimum Gasteiger partial charge on any atom is -0.487 e. The zero-order valence-corrected chi connectivity index (χ0v) is 25.1. The van der Waals surface area contributed by atoms with Crippen molar-refractivity contribution in [2.24, 2.45) is 0 Å². The molecule has 1 N–H and O–H groups in total. The number of likely N-dealkylation sites (tertiary alicyclic amines) is 1. The fourth-order valence-corrected chi connectivity index (χ4v) is 6.68. The summed E-state index contributed by atoms with van der Waals surface area (Å²) in [5, 5.41) is 5.50. The number of thiazole rings is 1. The molecule has 2 fully saturated rings. The van der Waals surface area contributed by atoms with Crippen molar-refractivity contribution in [2.45, 2.75) is 57.7 Å². The van der Waals surface area contributed by atoms with Crippen molar-refractivity contribution in [3.63, 3.8) is 0 Å². The molecule has 0 radical (unpaired) electrons. The van der Waals surface area contributed by atoms with Crippen LogP contribution in [0, 0.1) is 5.95 Å². The summed E-state index contributed by atoms with van der Waals surface area (Å²) in [6, 6.07) is 15.0. The third-order valence-electron chi connectivity index (χ3n) is 8.34. The van der Waals surface area contributed by atoms with Crippen molar-refractivity contribution in [3.8, 4) is 5.75 Å². The second kappa shape index (κ2) is 12.2. The summed E-state index contributed by atoms with van der Waals surface area (Å²) in [6.07, 6.45) is 6.86. The number of aromatic nitrogens is 3. The maximum absolute atomic E-state index is 13.5. The van der Waals surface area contributed by atoms with Crippen LogP contribution in [0.4, 0.5) is 15.2 Å². The number of nitrogens with zero attached hydrogens (tertiary/aromatic N) is 5. The van der Waals surface area contributed by atoms with Crippen LogP contribution < -0.4 is 15.0 Å². The van der Waals surface area contributed by atoms with E-state index < -0.39 is 5.95 Å². The Kier molecular flexibility index (Phi) is 8.16. The average molecular weight is 603 g/mol. The summed E-state index contributed by atoms with van der Waals surface area (Å²) in [7, 11) is 0. The smallest absolute Gasteiger partial charge is 0.274 e. The monoisotopic (exact) mass is 602 g/mol. The van der Waals surface area contributed by atoms with Gasteiger partial charge in [-0.2, -0.15) is 4.39 Å². The van der Waals surface area contributed by atoms with Gasteiger partial charge in [-0.05, 0) is 73.9 Å².